The molecule has 0 radical (unpaired) electrons. The van der Waals surface area contributed by atoms with Crippen molar-refractivity contribution in [3.63, 3.8) is 0 Å². The van der Waals surface area contributed by atoms with E-state index in [2.05, 4.69) is 0 Å². The third-order valence-corrected chi connectivity index (χ3v) is 2.57. The Kier molecular flexibility index (Phi) is 3.08. The minimum atomic E-state index is -0.373. The first-order valence-electron chi connectivity index (χ1n) is 3.53. The Bertz CT molecular complexity index is 393. The van der Waals surface area contributed by atoms with Crippen molar-refractivity contribution in [3.05, 3.63) is 15.6 Å². The number of benzene rings is 1. The summed E-state index contributed by atoms with van der Waals surface area (Å²) in [5.41, 5.74) is 5.49. The lowest BCUT2D eigenvalue weighted by Gasteiger charge is -2.11. The second-order valence-electron chi connectivity index (χ2n) is 2.46. The molecular formula is C8H7Cl2NO3. The molecule has 0 amide bonds. The predicted octanol–water partition coefficient (Wildman–Crippen LogP) is 2.10. The van der Waals surface area contributed by atoms with E-state index in [1.807, 2.05) is 0 Å². The largest absolute Gasteiger partial charge is 0.503 e. The number of phenols is 1. The molecule has 0 fully saturated rings. The topological polar surface area (TPSA) is 72.5 Å². The van der Waals surface area contributed by atoms with Crippen molar-refractivity contribution in [2.75, 3.05) is 12.8 Å². The first kappa shape index (κ1) is 10.9. The van der Waals surface area contributed by atoms with Gasteiger partial charge < -0.3 is 15.6 Å². The van der Waals surface area contributed by atoms with Crippen LogP contribution in [0, 0.1) is 0 Å². The van der Waals surface area contributed by atoms with Crippen LogP contribution in [-0.2, 0) is 0 Å². The summed E-state index contributed by atoms with van der Waals surface area (Å²) in [6, 6.07) is 0. The number of nitrogens with two attached hydrogens (primary N) is 1. The number of anilines is 1. The number of aromatic hydroxyl groups is 1. The predicted molar refractivity (Wildman–Crippen MR) is 54.5 cm³/mol. The number of halogens is 2. The van der Waals surface area contributed by atoms with Crippen LogP contribution in [0.25, 0.3) is 0 Å². The molecule has 3 N–H and O–H groups in total. The number of aldehydes is 1. The smallest absolute Gasteiger partial charge is 0.185 e. The Labute approximate surface area is 90.2 Å². The quantitative estimate of drug-likeness (QED) is 0.609. The Morgan fingerprint density at radius 1 is 1.43 bits per heavy atom. The summed E-state index contributed by atoms with van der Waals surface area (Å²) in [6.45, 7) is 0. The Morgan fingerprint density at radius 3 is 2.43 bits per heavy atom. The van der Waals surface area contributed by atoms with Crippen molar-refractivity contribution in [2.45, 2.75) is 0 Å². The molecule has 0 aliphatic heterocycles. The van der Waals surface area contributed by atoms with Crippen LogP contribution in [0.3, 0.4) is 0 Å². The highest BCUT2D eigenvalue weighted by Crippen LogP contribution is 2.45. The van der Waals surface area contributed by atoms with E-state index in [4.69, 9.17) is 33.7 Å². The number of hydrogen-bond acceptors (Lipinski definition) is 4. The highest BCUT2D eigenvalue weighted by atomic mass is 35.5. The average Bonchev–Trinajstić information content (AvgIpc) is 2.16. The Balaban J connectivity index is 3.64. The molecule has 0 saturated heterocycles. The average molecular weight is 236 g/mol. The van der Waals surface area contributed by atoms with Gasteiger partial charge in [-0.25, -0.2) is 0 Å². The van der Waals surface area contributed by atoms with Gasteiger partial charge in [-0.1, -0.05) is 23.2 Å². The summed E-state index contributed by atoms with van der Waals surface area (Å²) in [5.74, 6) is -0.427. The molecule has 0 spiro atoms. The number of methoxy groups -OCH3 is 1. The molecule has 1 rings (SSSR count). The van der Waals surface area contributed by atoms with E-state index in [0.29, 0.717) is 6.29 Å². The van der Waals surface area contributed by atoms with Crippen molar-refractivity contribution >= 4 is 35.2 Å². The van der Waals surface area contributed by atoms with Gasteiger partial charge in [-0.05, 0) is 0 Å². The molecule has 0 atom stereocenters. The summed E-state index contributed by atoms with van der Waals surface area (Å²) in [6.07, 6.45) is 0.450. The first-order valence-corrected chi connectivity index (χ1v) is 4.28. The molecule has 1 aromatic rings. The lowest BCUT2D eigenvalue weighted by Crippen LogP contribution is -1.99. The monoisotopic (exact) mass is 235 g/mol. The van der Waals surface area contributed by atoms with Crippen LogP contribution in [-0.4, -0.2) is 18.5 Å². The third kappa shape index (κ3) is 1.47. The first-order chi connectivity index (χ1) is 6.54. The number of carbonyl (C=O) groups excluding carboxylic acids is 1. The van der Waals surface area contributed by atoms with Crippen molar-refractivity contribution in [2.24, 2.45) is 0 Å². The zero-order valence-corrected chi connectivity index (χ0v) is 8.69. The molecule has 0 saturated carbocycles. The van der Waals surface area contributed by atoms with E-state index < -0.39 is 0 Å². The van der Waals surface area contributed by atoms with Gasteiger partial charge in [0.2, 0.25) is 0 Å². The summed E-state index contributed by atoms with van der Waals surface area (Å²) in [7, 11) is 1.30. The lowest BCUT2D eigenvalue weighted by molar-refractivity contribution is 0.112. The van der Waals surface area contributed by atoms with Crippen LogP contribution < -0.4 is 10.5 Å². The van der Waals surface area contributed by atoms with E-state index in [1.165, 1.54) is 7.11 Å². The molecule has 76 valence electrons. The van der Waals surface area contributed by atoms with Crippen molar-refractivity contribution < 1.29 is 14.6 Å². The fourth-order valence-corrected chi connectivity index (χ4v) is 1.44. The van der Waals surface area contributed by atoms with Gasteiger partial charge in [0.05, 0.1) is 23.4 Å². The molecule has 14 heavy (non-hydrogen) atoms. The van der Waals surface area contributed by atoms with Crippen molar-refractivity contribution in [3.8, 4) is 11.5 Å². The molecule has 0 aliphatic rings. The maximum atomic E-state index is 10.6. The second kappa shape index (κ2) is 3.94. The number of nitrogen functional groups attached to an aromatic ring is 1. The molecule has 0 aliphatic carbocycles. The Hall–Kier alpha value is -1.13. The fourth-order valence-electron chi connectivity index (χ4n) is 1.01. The van der Waals surface area contributed by atoms with Gasteiger partial charge in [-0.2, -0.15) is 0 Å². The number of hydrogen-bond donors (Lipinski definition) is 2. The molecule has 4 nitrogen and oxygen atoms in total. The Morgan fingerprint density at radius 2 is 2.00 bits per heavy atom. The maximum Gasteiger partial charge on any atom is 0.185 e. The van der Waals surface area contributed by atoms with Gasteiger partial charge in [0, 0.05) is 0 Å². The minimum absolute atomic E-state index is 0.00585. The minimum Gasteiger partial charge on any atom is -0.503 e. The van der Waals surface area contributed by atoms with Gasteiger partial charge in [0.25, 0.3) is 0 Å². The molecule has 0 heterocycles. The summed E-state index contributed by atoms with van der Waals surface area (Å²) in [5, 5.41) is 9.20. The normalized spacial score (nSPS) is 9.93. The second-order valence-corrected chi connectivity index (χ2v) is 3.21. The van der Waals surface area contributed by atoms with Crippen molar-refractivity contribution in [1.29, 1.82) is 0 Å². The van der Waals surface area contributed by atoms with E-state index in [1.54, 1.807) is 0 Å². The summed E-state index contributed by atoms with van der Waals surface area (Å²) >= 11 is 11.3. The van der Waals surface area contributed by atoms with E-state index in [0.717, 1.165) is 0 Å². The zero-order valence-electron chi connectivity index (χ0n) is 7.17. The SMILES string of the molecule is COc1c(N)c(C=O)c(Cl)c(Cl)c1O. The number of rotatable bonds is 2. The standard InChI is InChI=1S/C8H7Cl2NO3/c1-14-8-6(11)3(2-12)4(9)5(10)7(8)13/h2,13H,11H2,1H3. The highest BCUT2D eigenvalue weighted by molar-refractivity contribution is 6.45. The summed E-state index contributed by atoms with van der Waals surface area (Å²) < 4.78 is 4.78. The molecule has 0 bridgehead atoms. The maximum absolute atomic E-state index is 10.6. The van der Waals surface area contributed by atoms with Crippen LogP contribution in [0.15, 0.2) is 0 Å². The third-order valence-electron chi connectivity index (χ3n) is 1.71. The molecular weight excluding hydrogens is 229 g/mol. The fraction of sp³-hybridized carbons (Fsp3) is 0.125. The highest BCUT2D eigenvalue weighted by Gasteiger charge is 2.20. The van der Waals surface area contributed by atoms with Gasteiger partial charge in [0.1, 0.15) is 5.02 Å². The van der Waals surface area contributed by atoms with Crippen LogP contribution in [0.1, 0.15) is 10.4 Å². The van der Waals surface area contributed by atoms with Crippen LogP contribution in [0.4, 0.5) is 5.69 Å². The van der Waals surface area contributed by atoms with Gasteiger partial charge in [0.15, 0.2) is 17.8 Å². The van der Waals surface area contributed by atoms with Crippen LogP contribution >= 0.6 is 23.2 Å². The van der Waals surface area contributed by atoms with E-state index >= 15 is 0 Å². The molecule has 1 aromatic carbocycles. The molecule has 0 aromatic heterocycles. The number of carbonyl (C=O) groups is 1. The molecule has 0 unspecified atom stereocenters. The van der Waals surface area contributed by atoms with Crippen LogP contribution in [0.2, 0.25) is 10.0 Å². The number of phenolic OH excluding ortho intramolecular Hbond substituents is 1. The van der Waals surface area contributed by atoms with E-state index in [9.17, 15) is 9.90 Å². The van der Waals surface area contributed by atoms with E-state index in [-0.39, 0.29) is 32.8 Å². The van der Waals surface area contributed by atoms with Crippen LogP contribution in [0.5, 0.6) is 11.5 Å². The van der Waals surface area contributed by atoms with Gasteiger partial charge in [-0.15, -0.1) is 0 Å². The van der Waals surface area contributed by atoms with Crippen molar-refractivity contribution in [1.82, 2.24) is 0 Å². The molecule has 6 heteroatoms. The van der Waals surface area contributed by atoms with Gasteiger partial charge in [-0.3, -0.25) is 4.79 Å². The number of ether oxygens (including phenoxy) is 1. The summed E-state index contributed by atoms with van der Waals surface area (Å²) in [4.78, 5) is 10.6. The zero-order chi connectivity index (χ0) is 10.9. The lowest BCUT2D eigenvalue weighted by atomic mass is 10.1. The van der Waals surface area contributed by atoms with Gasteiger partial charge >= 0.3 is 0 Å².